The smallest absolute Gasteiger partial charge is 0.315 e. The molecule has 0 unspecified atom stereocenters. The number of hydrogen-bond acceptors (Lipinski definition) is 3. The molecule has 6 nitrogen and oxygen atoms in total. The number of nitrogens with zero attached hydrogens (tertiary/aromatic N) is 3. The first-order chi connectivity index (χ1) is 11.6. The van der Waals surface area contributed by atoms with Gasteiger partial charge in [0.05, 0.1) is 12.6 Å². The summed E-state index contributed by atoms with van der Waals surface area (Å²) in [5, 5.41) is 10.00. The minimum Gasteiger partial charge on any atom is -0.334 e. The van der Waals surface area contributed by atoms with E-state index in [4.69, 9.17) is 0 Å². The summed E-state index contributed by atoms with van der Waals surface area (Å²) in [7, 11) is 0. The van der Waals surface area contributed by atoms with Gasteiger partial charge in [0.2, 0.25) is 0 Å². The summed E-state index contributed by atoms with van der Waals surface area (Å²) in [5.74, 6) is 0.142. The van der Waals surface area contributed by atoms with E-state index in [1.807, 2.05) is 6.92 Å². The van der Waals surface area contributed by atoms with E-state index in [9.17, 15) is 9.18 Å². The van der Waals surface area contributed by atoms with Crippen LogP contribution < -0.4 is 10.6 Å². The zero-order valence-corrected chi connectivity index (χ0v) is 13.7. The molecule has 0 spiro atoms. The monoisotopic (exact) mass is 331 g/mol. The molecule has 1 aromatic carbocycles. The number of amides is 2. The van der Waals surface area contributed by atoms with Crippen molar-refractivity contribution in [3.63, 3.8) is 0 Å². The van der Waals surface area contributed by atoms with Gasteiger partial charge in [-0.3, -0.25) is 4.68 Å². The molecule has 2 aromatic rings. The van der Waals surface area contributed by atoms with Crippen LogP contribution in [-0.4, -0.2) is 26.8 Å². The lowest BCUT2D eigenvalue weighted by Crippen LogP contribution is -2.46. The molecule has 2 amide bonds. The Morgan fingerprint density at radius 2 is 2.08 bits per heavy atom. The summed E-state index contributed by atoms with van der Waals surface area (Å²) in [6.45, 7) is 2.47. The van der Waals surface area contributed by atoms with Crippen molar-refractivity contribution < 1.29 is 9.18 Å². The maximum absolute atomic E-state index is 13.1. The van der Waals surface area contributed by atoms with Gasteiger partial charge >= 0.3 is 6.03 Å². The molecular weight excluding hydrogens is 309 g/mol. The van der Waals surface area contributed by atoms with Crippen molar-refractivity contribution in [2.45, 2.75) is 44.8 Å². The largest absolute Gasteiger partial charge is 0.334 e. The highest BCUT2D eigenvalue weighted by Gasteiger charge is 2.30. The minimum absolute atomic E-state index is 0.0815. The Morgan fingerprint density at radius 1 is 1.33 bits per heavy atom. The first-order valence-corrected chi connectivity index (χ1v) is 8.26. The third kappa shape index (κ3) is 4.10. The molecule has 1 aliphatic carbocycles. The summed E-state index contributed by atoms with van der Waals surface area (Å²) < 4.78 is 14.8. The van der Waals surface area contributed by atoms with Crippen LogP contribution in [0, 0.1) is 11.7 Å². The van der Waals surface area contributed by atoms with Crippen LogP contribution in [0.15, 0.2) is 36.9 Å². The van der Waals surface area contributed by atoms with Crippen LogP contribution in [0.1, 0.15) is 37.8 Å². The standard InChI is InChI=1S/C17H22FN5O/c1-12(9-23-11-19-10-20-23)21-17(24)22-16(13-3-2-4-13)14-5-7-15(18)8-6-14/h5-8,10-13,16H,2-4,9H2,1H3,(H2,21,22,24)/t12-,16+/m0/s1. The number of nitrogens with one attached hydrogen (secondary N) is 2. The molecule has 1 fully saturated rings. The van der Waals surface area contributed by atoms with Crippen LogP contribution in [0.4, 0.5) is 9.18 Å². The molecular formula is C17H22FN5O. The predicted octanol–water partition coefficient (Wildman–Crippen LogP) is 2.65. The van der Waals surface area contributed by atoms with Crippen LogP contribution in [0.25, 0.3) is 0 Å². The summed E-state index contributed by atoms with van der Waals surface area (Å²) in [4.78, 5) is 16.2. The maximum Gasteiger partial charge on any atom is 0.315 e. The van der Waals surface area contributed by atoms with Gasteiger partial charge in [-0.15, -0.1) is 0 Å². The summed E-state index contributed by atoms with van der Waals surface area (Å²) in [5.41, 5.74) is 0.945. The van der Waals surface area contributed by atoms with Gasteiger partial charge in [0.1, 0.15) is 18.5 Å². The molecule has 0 bridgehead atoms. The van der Waals surface area contributed by atoms with Crippen molar-refractivity contribution in [3.8, 4) is 0 Å². The van der Waals surface area contributed by atoms with Crippen LogP contribution >= 0.6 is 0 Å². The fourth-order valence-corrected chi connectivity index (χ4v) is 2.98. The van der Waals surface area contributed by atoms with Gasteiger partial charge in [-0.1, -0.05) is 18.6 Å². The Kier molecular flexibility index (Phi) is 5.08. The summed E-state index contributed by atoms with van der Waals surface area (Å²) >= 11 is 0. The lowest BCUT2D eigenvalue weighted by atomic mass is 9.77. The SMILES string of the molecule is C[C@@H](Cn1cncn1)NC(=O)N[C@@H](c1ccc(F)cc1)C1CCC1. The Morgan fingerprint density at radius 3 is 2.67 bits per heavy atom. The average Bonchev–Trinajstić information content (AvgIpc) is 2.98. The molecule has 0 radical (unpaired) electrons. The van der Waals surface area contributed by atoms with Gasteiger partial charge in [0.25, 0.3) is 0 Å². The van der Waals surface area contributed by atoms with Crippen molar-refractivity contribution in [1.82, 2.24) is 25.4 Å². The van der Waals surface area contributed by atoms with E-state index in [1.165, 1.54) is 24.9 Å². The molecule has 1 heterocycles. The highest BCUT2D eigenvalue weighted by Crippen LogP contribution is 2.37. The fraction of sp³-hybridized carbons (Fsp3) is 0.471. The van der Waals surface area contributed by atoms with Crippen LogP contribution in [0.3, 0.4) is 0 Å². The zero-order valence-electron chi connectivity index (χ0n) is 13.7. The van der Waals surface area contributed by atoms with Crippen molar-refractivity contribution in [2.75, 3.05) is 0 Å². The topological polar surface area (TPSA) is 71.8 Å². The molecule has 0 aliphatic heterocycles. The highest BCUT2D eigenvalue weighted by atomic mass is 19.1. The predicted molar refractivity (Wildman–Crippen MR) is 87.6 cm³/mol. The molecule has 1 aromatic heterocycles. The summed E-state index contributed by atoms with van der Waals surface area (Å²) in [6.07, 6.45) is 6.42. The quantitative estimate of drug-likeness (QED) is 0.855. The van der Waals surface area contributed by atoms with Crippen molar-refractivity contribution in [2.24, 2.45) is 5.92 Å². The van der Waals surface area contributed by atoms with E-state index in [-0.39, 0.29) is 23.9 Å². The van der Waals surface area contributed by atoms with Crippen molar-refractivity contribution >= 4 is 6.03 Å². The normalized spacial score (nSPS) is 16.9. The number of carbonyl (C=O) groups is 1. The summed E-state index contributed by atoms with van der Waals surface area (Å²) in [6, 6.07) is 5.99. The molecule has 1 aliphatic rings. The number of aromatic nitrogens is 3. The Balaban J connectivity index is 1.59. The Labute approximate surface area is 140 Å². The minimum atomic E-state index is -0.267. The molecule has 2 N–H and O–H groups in total. The number of hydrogen-bond donors (Lipinski definition) is 2. The number of carbonyl (C=O) groups excluding carboxylic acids is 1. The van der Waals surface area contributed by atoms with Gasteiger partial charge in [-0.2, -0.15) is 5.10 Å². The lowest BCUT2D eigenvalue weighted by molar-refractivity contribution is 0.205. The number of urea groups is 1. The van der Waals surface area contributed by atoms with E-state index in [2.05, 4.69) is 20.7 Å². The number of benzene rings is 1. The van der Waals surface area contributed by atoms with E-state index in [0.717, 1.165) is 18.4 Å². The third-order valence-corrected chi connectivity index (χ3v) is 4.44. The van der Waals surface area contributed by atoms with Crippen LogP contribution in [0.2, 0.25) is 0 Å². The maximum atomic E-state index is 13.1. The van der Waals surface area contributed by atoms with Crippen molar-refractivity contribution in [1.29, 1.82) is 0 Å². The number of halogens is 1. The second-order valence-electron chi connectivity index (χ2n) is 6.36. The second kappa shape index (κ2) is 7.42. The fourth-order valence-electron chi connectivity index (χ4n) is 2.98. The molecule has 2 atom stereocenters. The molecule has 1 saturated carbocycles. The highest BCUT2D eigenvalue weighted by molar-refractivity contribution is 5.74. The van der Waals surface area contributed by atoms with Gasteiger partial charge < -0.3 is 10.6 Å². The zero-order chi connectivity index (χ0) is 16.9. The van der Waals surface area contributed by atoms with Gasteiger partial charge in [0, 0.05) is 6.04 Å². The van der Waals surface area contributed by atoms with E-state index < -0.39 is 0 Å². The average molecular weight is 331 g/mol. The van der Waals surface area contributed by atoms with Gasteiger partial charge in [-0.05, 0) is 43.4 Å². The molecule has 3 rings (SSSR count). The van der Waals surface area contributed by atoms with Gasteiger partial charge in [-0.25, -0.2) is 14.2 Å². The molecule has 7 heteroatoms. The molecule has 24 heavy (non-hydrogen) atoms. The van der Waals surface area contributed by atoms with Crippen molar-refractivity contribution in [3.05, 3.63) is 48.3 Å². The Hall–Kier alpha value is -2.44. The third-order valence-electron chi connectivity index (χ3n) is 4.44. The van der Waals surface area contributed by atoms with E-state index in [0.29, 0.717) is 12.5 Å². The Bertz CT molecular complexity index is 654. The first-order valence-electron chi connectivity index (χ1n) is 8.26. The van der Waals surface area contributed by atoms with E-state index in [1.54, 1.807) is 23.1 Å². The number of rotatable bonds is 6. The lowest BCUT2D eigenvalue weighted by Gasteiger charge is -2.35. The second-order valence-corrected chi connectivity index (χ2v) is 6.36. The van der Waals surface area contributed by atoms with Gasteiger partial charge in [0.15, 0.2) is 0 Å². The van der Waals surface area contributed by atoms with Crippen LogP contribution in [0.5, 0.6) is 0 Å². The van der Waals surface area contributed by atoms with Crippen LogP contribution in [-0.2, 0) is 6.54 Å². The molecule has 128 valence electrons. The first kappa shape index (κ1) is 16.4. The van der Waals surface area contributed by atoms with E-state index >= 15 is 0 Å². The molecule has 0 saturated heterocycles.